The topological polar surface area (TPSA) is 127 Å². The van der Waals surface area contributed by atoms with Gasteiger partial charge in [-0.2, -0.15) is 9.61 Å². The number of hydrogen-bond donors (Lipinski definition) is 2. The van der Waals surface area contributed by atoms with Crippen LogP contribution in [0.5, 0.6) is 0 Å². The first kappa shape index (κ1) is 24.0. The first-order valence-electron chi connectivity index (χ1n) is 13.6. The van der Waals surface area contributed by atoms with Gasteiger partial charge in [-0.3, -0.25) is 14.6 Å². The second-order valence-corrected chi connectivity index (χ2v) is 11.2. The summed E-state index contributed by atoms with van der Waals surface area (Å²) >= 11 is 0. The van der Waals surface area contributed by atoms with Crippen molar-refractivity contribution in [1.29, 1.82) is 0 Å². The minimum atomic E-state index is -1.17. The van der Waals surface area contributed by atoms with Crippen molar-refractivity contribution in [3.8, 4) is 22.4 Å². The van der Waals surface area contributed by atoms with E-state index in [1.165, 1.54) is 11.4 Å². The van der Waals surface area contributed by atoms with Crippen molar-refractivity contribution in [2.75, 3.05) is 5.73 Å². The second kappa shape index (κ2) is 8.71. The number of piperidine rings is 1. The van der Waals surface area contributed by atoms with Crippen LogP contribution < -0.4 is 5.73 Å². The Bertz CT molecular complexity index is 1600. The average molecular weight is 523 g/mol. The van der Waals surface area contributed by atoms with E-state index in [-0.39, 0.29) is 35.5 Å². The van der Waals surface area contributed by atoms with Crippen LogP contribution in [-0.2, 0) is 4.79 Å². The van der Waals surface area contributed by atoms with E-state index in [1.54, 1.807) is 6.20 Å². The van der Waals surface area contributed by atoms with Crippen LogP contribution in [0.1, 0.15) is 67.4 Å². The molecule has 1 saturated carbocycles. The standard InChI is InChI=1S/C30H30N6O3/c1-17(37)25-26(20-13-21-8-9-22(14-20)35(21)29(38)30(39)11-12-30)34-28-23(16-33-36(28)27(25)31)19-7-10-24(32-15-19)18-5-3-2-4-6-18/h2-7,10,15-16,20-22,39H,8-9,11-14,31H2,1H3/t20-,21+,22-. The van der Waals surface area contributed by atoms with Crippen molar-refractivity contribution in [2.45, 2.75) is 69.1 Å². The number of nitrogens with zero attached hydrogens (tertiary/aromatic N) is 5. The van der Waals surface area contributed by atoms with Crippen LogP contribution in [0.25, 0.3) is 28.0 Å². The molecule has 2 bridgehead atoms. The van der Waals surface area contributed by atoms with Gasteiger partial charge in [0.2, 0.25) is 0 Å². The molecule has 2 saturated heterocycles. The molecule has 1 amide bonds. The Balaban J connectivity index is 1.26. The summed E-state index contributed by atoms with van der Waals surface area (Å²) in [7, 11) is 0. The summed E-state index contributed by atoms with van der Waals surface area (Å²) in [6.45, 7) is 1.51. The van der Waals surface area contributed by atoms with E-state index in [0.29, 0.717) is 42.6 Å². The molecule has 5 heterocycles. The third-order valence-corrected chi connectivity index (χ3v) is 8.68. The van der Waals surface area contributed by atoms with Crippen LogP contribution in [0.15, 0.2) is 54.9 Å². The molecule has 3 atom stereocenters. The molecule has 3 aromatic heterocycles. The van der Waals surface area contributed by atoms with E-state index >= 15 is 0 Å². The highest BCUT2D eigenvalue weighted by Crippen LogP contribution is 2.48. The lowest BCUT2D eigenvalue weighted by atomic mass is 9.85. The van der Waals surface area contributed by atoms with Gasteiger partial charge >= 0.3 is 0 Å². The summed E-state index contributed by atoms with van der Waals surface area (Å²) in [6.07, 6.45) is 7.78. The van der Waals surface area contributed by atoms with Gasteiger partial charge in [-0.1, -0.05) is 36.4 Å². The van der Waals surface area contributed by atoms with Gasteiger partial charge in [-0.05, 0) is 51.5 Å². The number of nitrogens with two attached hydrogens (primary N) is 1. The van der Waals surface area contributed by atoms with Gasteiger partial charge in [0.15, 0.2) is 11.4 Å². The van der Waals surface area contributed by atoms with Crippen LogP contribution in [0.4, 0.5) is 5.82 Å². The zero-order chi connectivity index (χ0) is 26.9. The van der Waals surface area contributed by atoms with Gasteiger partial charge in [0.1, 0.15) is 11.4 Å². The molecular weight excluding hydrogens is 492 g/mol. The van der Waals surface area contributed by atoms with Crippen molar-refractivity contribution >= 4 is 23.2 Å². The highest BCUT2D eigenvalue weighted by molar-refractivity contribution is 6.00. The van der Waals surface area contributed by atoms with Gasteiger partial charge in [-0.15, -0.1) is 0 Å². The fourth-order valence-corrected chi connectivity index (χ4v) is 6.53. The molecular formula is C30H30N6O3. The number of fused-ring (bicyclic) bond motifs is 3. The number of aromatic nitrogens is 4. The number of pyridine rings is 1. The molecule has 3 N–H and O–H groups in total. The first-order chi connectivity index (χ1) is 18.8. The molecule has 198 valence electrons. The molecule has 7 rings (SSSR count). The van der Waals surface area contributed by atoms with Crippen LogP contribution in [0, 0.1) is 0 Å². The van der Waals surface area contributed by atoms with E-state index in [4.69, 9.17) is 10.7 Å². The quantitative estimate of drug-likeness (QED) is 0.379. The third-order valence-electron chi connectivity index (χ3n) is 8.68. The number of rotatable bonds is 5. The summed E-state index contributed by atoms with van der Waals surface area (Å²) in [5.41, 5.74) is 10.6. The Morgan fingerprint density at radius 1 is 1.00 bits per heavy atom. The van der Waals surface area contributed by atoms with E-state index in [9.17, 15) is 14.7 Å². The minimum absolute atomic E-state index is 0.0204. The Morgan fingerprint density at radius 2 is 1.72 bits per heavy atom. The summed E-state index contributed by atoms with van der Waals surface area (Å²) in [4.78, 5) is 37.5. The first-order valence-corrected chi connectivity index (χ1v) is 13.6. The van der Waals surface area contributed by atoms with Crippen LogP contribution in [0.3, 0.4) is 0 Å². The van der Waals surface area contributed by atoms with Gasteiger partial charge in [0, 0.05) is 40.9 Å². The number of ketones is 1. The lowest BCUT2D eigenvalue weighted by molar-refractivity contribution is -0.147. The van der Waals surface area contributed by atoms with E-state index in [2.05, 4.69) is 10.1 Å². The van der Waals surface area contributed by atoms with Crippen molar-refractivity contribution < 1.29 is 14.7 Å². The molecule has 4 aromatic rings. The van der Waals surface area contributed by atoms with E-state index in [0.717, 1.165) is 35.2 Å². The number of anilines is 1. The summed E-state index contributed by atoms with van der Waals surface area (Å²) in [5, 5.41) is 15.0. The average Bonchev–Trinajstić information content (AvgIpc) is 3.46. The summed E-state index contributed by atoms with van der Waals surface area (Å²) in [5.74, 6) is -0.0256. The molecule has 2 aliphatic heterocycles. The van der Waals surface area contributed by atoms with Gasteiger partial charge in [0.05, 0.1) is 23.1 Å². The molecule has 0 radical (unpaired) electrons. The lowest BCUT2D eigenvalue weighted by Gasteiger charge is -2.40. The maximum Gasteiger partial charge on any atom is 0.255 e. The molecule has 0 unspecified atom stereocenters. The van der Waals surface area contributed by atoms with Crippen molar-refractivity contribution in [3.63, 3.8) is 0 Å². The Labute approximate surface area is 225 Å². The van der Waals surface area contributed by atoms with Crippen molar-refractivity contribution in [3.05, 3.63) is 66.1 Å². The maximum absolute atomic E-state index is 13.0. The number of nitrogen functional groups attached to an aromatic ring is 1. The molecule has 3 aliphatic rings. The number of hydrogen-bond acceptors (Lipinski definition) is 7. The summed E-state index contributed by atoms with van der Waals surface area (Å²) in [6, 6.07) is 14.0. The number of benzene rings is 1. The molecule has 3 fully saturated rings. The molecule has 1 aromatic carbocycles. The molecule has 1 aliphatic carbocycles. The molecule has 9 heteroatoms. The second-order valence-electron chi connectivity index (χ2n) is 11.2. The van der Waals surface area contributed by atoms with Gasteiger partial charge in [-0.25, -0.2) is 4.98 Å². The monoisotopic (exact) mass is 522 g/mol. The zero-order valence-corrected chi connectivity index (χ0v) is 21.7. The van der Waals surface area contributed by atoms with Crippen molar-refractivity contribution in [1.82, 2.24) is 24.5 Å². The third kappa shape index (κ3) is 3.83. The van der Waals surface area contributed by atoms with Crippen molar-refractivity contribution in [2.24, 2.45) is 0 Å². The highest BCUT2D eigenvalue weighted by Gasteiger charge is 2.55. The largest absolute Gasteiger partial charge is 0.383 e. The number of amides is 1. The van der Waals surface area contributed by atoms with Gasteiger partial charge in [0.25, 0.3) is 5.91 Å². The number of carbonyl (C=O) groups is 2. The number of aliphatic hydroxyl groups is 1. The van der Waals surface area contributed by atoms with Crippen LogP contribution in [0.2, 0.25) is 0 Å². The zero-order valence-electron chi connectivity index (χ0n) is 21.7. The summed E-state index contributed by atoms with van der Waals surface area (Å²) < 4.78 is 1.54. The fraction of sp³-hybridized carbons (Fsp3) is 0.367. The van der Waals surface area contributed by atoms with Gasteiger partial charge < -0.3 is 15.7 Å². The highest BCUT2D eigenvalue weighted by atomic mass is 16.3. The normalized spacial score (nSPS) is 23.2. The number of Topliss-reactive ketones (excluding diaryl/α,β-unsaturated/α-hetero) is 1. The Kier molecular flexibility index (Phi) is 5.35. The van der Waals surface area contributed by atoms with Crippen LogP contribution in [-0.4, -0.2) is 59.0 Å². The molecule has 39 heavy (non-hydrogen) atoms. The smallest absolute Gasteiger partial charge is 0.255 e. The SMILES string of the molecule is CC(=O)c1c([C@H]2C[C@H]3CC[C@@H](C2)N3C(=O)C2(O)CC2)nc2c(-c3ccc(-c4ccccc4)nc3)cnn2c1N. The Morgan fingerprint density at radius 3 is 2.33 bits per heavy atom. The van der Waals surface area contributed by atoms with E-state index < -0.39 is 5.60 Å². The molecule has 0 spiro atoms. The molecule has 9 nitrogen and oxygen atoms in total. The fourth-order valence-electron chi connectivity index (χ4n) is 6.53. The maximum atomic E-state index is 13.0. The van der Waals surface area contributed by atoms with Crippen LogP contribution >= 0.6 is 0 Å². The lowest BCUT2D eigenvalue weighted by Crippen LogP contribution is -2.51. The van der Waals surface area contributed by atoms with E-state index in [1.807, 2.05) is 53.6 Å². The Hall–Kier alpha value is -4.11. The predicted molar refractivity (Wildman–Crippen MR) is 146 cm³/mol. The number of carbonyl (C=O) groups excluding carboxylic acids is 2. The minimum Gasteiger partial charge on any atom is -0.383 e. The predicted octanol–water partition coefficient (Wildman–Crippen LogP) is 4.01.